The Balaban J connectivity index is 1.24. The van der Waals surface area contributed by atoms with Crippen LogP contribution in [-0.2, 0) is 51.0 Å². The van der Waals surface area contributed by atoms with E-state index in [4.69, 9.17) is 43.8 Å². The fraction of sp³-hybridized carbons (Fsp3) is 0.636. The maximum absolute atomic E-state index is 17.0. The molecule has 2 saturated heterocycles. The van der Waals surface area contributed by atoms with Gasteiger partial charge in [0, 0.05) is 28.7 Å². The molecule has 328 valence electrons. The van der Waals surface area contributed by atoms with Gasteiger partial charge in [0.25, 0.3) is 0 Å². The molecule has 1 saturated carbocycles. The van der Waals surface area contributed by atoms with E-state index in [0.717, 1.165) is 6.33 Å². The molecule has 0 radical (unpaired) electrons. The van der Waals surface area contributed by atoms with Gasteiger partial charge in [-0.3, -0.25) is 27.7 Å². The Morgan fingerprint density at radius 2 is 1.27 bits per heavy atom. The fourth-order valence-corrected chi connectivity index (χ4v) is 12.2. The maximum atomic E-state index is 17.0. The number of carbonyl (C=O) groups excluding carboxylic acids is 2. The van der Waals surface area contributed by atoms with Crippen molar-refractivity contribution in [3.8, 4) is 0 Å². The van der Waals surface area contributed by atoms with Crippen LogP contribution in [0.1, 0.15) is 60.2 Å². The van der Waals surface area contributed by atoms with E-state index in [-0.39, 0.29) is 40.4 Å². The van der Waals surface area contributed by atoms with Gasteiger partial charge in [0.05, 0.1) is 42.7 Å². The summed E-state index contributed by atoms with van der Waals surface area (Å²) in [5.41, 5.74) is 10.8. The zero-order valence-electron chi connectivity index (χ0n) is 33.2. The molecular formula is C33H44F2N10O11P2S2. The van der Waals surface area contributed by atoms with Gasteiger partial charge in [-0.15, -0.1) is 0 Å². The van der Waals surface area contributed by atoms with E-state index < -0.39 is 110 Å². The number of anilines is 2. The van der Waals surface area contributed by atoms with E-state index >= 15 is 8.78 Å². The van der Waals surface area contributed by atoms with Gasteiger partial charge >= 0.3 is 25.5 Å². The van der Waals surface area contributed by atoms with Crippen molar-refractivity contribution < 1.29 is 59.8 Å². The molecule has 6 heterocycles. The highest BCUT2D eigenvalue weighted by molar-refractivity contribution is 8.55. The molecule has 3 fully saturated rings. The third-order valence-corrected chi connectivity index (χ3v) is 16.4. The number of imidazole rings is 2. The molecule has 3 aliphatic rings. The number of rotatable bonds is 8. The molecule has 0 amide bonds. The summed E-state index contributed by atoms with van der Waals surface area (Å²) < 4.78 is 107. The lowest BCUT2D eigenvalue weighted by atomic mass is 9.98. The Kier molecular flexibility index (Phi) is 12.6. The molecule has 60 heavy (non-hydrogen) atoms. The Labute approximate surface area is 349 Å². The molecule has 7 rings (SSSR count). The average molecular weight is 921 g/mol. The van der Waals surface area contributed by atoms with Gasteiger partial charge in [-0.25, -0.2) is 47.8 Å². The highest BCUT2D eigenvalue weighted by Gasteiger charge is 2.55. The summed E-state index contributed by atoms with van der Waals surface area (Å²) >= 11 is 0.924. The van der Waals surface area contributed by atoms with E-state index in [2.05, 4.69) is 29.9 Å². The molecule has 2 aliphatic heterocycles. The number of hydrogen-bond donors (Lipinski definition) is 2. The van der Waals surface area contributed by atoms with Crippen molar-refractivity contribution in [2.24, 2.45) is 16.7 Å². The van der Waals surface area contributed by atoms with Crippen LogP contribution < -0.4 is 11.5 Å². The lowest BCUT2D eigenvalue weighted by molar-refractivity contribution is -0.151. The van der Waals surface area contributed by atoms with Gasteiger partial charge in [0.15, 0.2) is 35.3 Å². The lowest BCUT2D eigenvalue weighted by Crippen LogP contribution is -2.35. The predicted molar refractivity (Wildman–Crippen MR) is 213 cm³/mol. The van der Waals surface area contributed by atoms with Crippen LogP contribution in [0.3, 0.4) is 0 Å². The van der Waals surface area contributed by atoms with Crippen molar-refractivity contribution in [1.82, 2.24) is 39.0 Å². The minimum atomic E-state index is -4.58. The first kappa shape index (κ1) is 44.5. The van der Waals surface area contributed by atoms with E-state index in [1.54, 1.807) is 41.5 Å². The Morgan fingerprint density at radius 3 is 1.82 bits per heavy atom. The number of aromatic nitrogens is 8. The zero-order valence-corrected chi connectivity index (χ0v) is 36.6. The number of esters is 2. The Bertz CT molecular complexity index is 2190. The second kappa shape index (κ2) is 17.0. The van der Waals surface area contributed by atoms with Crippen LogP contribution in [0, 0.1) is 16.7 Å². The van der Waals surface area contributed by atoms with E-state index in [1.165, 1.54) is 28.1 Å². The topological polar surface area (TPSA) is 272 Å². The van der Waals surface area contributed by atoms with Crippen molar-refractivity contribution in [2.75, 3.05) is 36.6 Å². The normalized spacial score (nSPS) is 31.6. The summed E-state index contributed by atoms with van der Waals surface area (Å²) in [5, 5.41) is 0. The number of carbonyl (C=O) groups is 2. The smallest absolute Gasteiger partial charge is 0.392 e. The van der Waals surface area contributed by atoms with Crippen molar-refractivity contribution in [1.29, 1.82) is 0 Å². The lowest BCUT2D eigenvalue weighted by Gasteiger charge is -2.31. The minimum absolute atomic E-state index is 0.0113. The molecule has 0 spiro atoms. The van der Waals surface area contributed by atoms with Gasteiger partial charge < -0.3 is 34.8 Å². The van der Waals surface area contributed by atoms with Crippen molar-refractivity contribution in [2.45, 2.75) is 90.9 Å². The molecule has 0 aromatic carbocycles. The molecule has 1 aliphatic carbocycles. The molecule has 4 N–H and O–H groups in total. The SMILES string of the molecule is CC(C)(C)C(=O)OCSP1(=O)OC[C@H]2C[C@@H](n3cnc4c(N)ncnc43)C(F)[C@H]2OP(=O)(SCOC(=O)C(C)(C)C)OC[C@H]2O[C@@H](n3cnc4c(N)ncnc43)[C@@H](F)C2O1. The number of nitrogen functional groups attached to an aromatic ring is 2. The summed E-state index contributed by atoms with van der Waals surface area (Å²) in [6.07, 6.45) is -5.70. The number of fused-ring (bicyclic) bond motifs is 4. The maximum Gasteiger partial charge on any atom is 0.392 e. The number of halogens is 2. The first-order chi connectivity index (χ1) is 28.2. The number of nitrogens with zero attached hydrogens (tertiary/aromatic N) is 8. The second-order valence-electron chi connectivity index (χ2n) is 16.2. The number of hydrogen-bond acceptors (Lipinski definition) is 21. The van der Waals surface area contributed by atoms with Crippen molar-refractivity contribution in [3.63, 3.8) is 0 Å². The van der Waals surface area contributed by atoms with Crippen molar-refractivity contribution >= 4 is 82.3 Å². The quantitative estimate of drug-likeness (QED) is 0.124. The van der Waals surface area contributed by atoms with E-state index in [9.17, 15) is 18.7 Å². The van der Waals surface area contributed by atoms with Gasteiger partial charge in [-0.05, 0) is 48.0 Å². The van der Waals surface area contributed by atoms with Crippen LogP contribution in [0.4, 0.5) is 20.4 Å². The summed E-state index contributed by atoms with van der Waals surface area (Å²) in [7, 11) is 0. The third-order valence-electron chi connectivity index (χ3n) is 9.73. The van der Waals surface area contributed by atoms with Gasteiger partial charge in [-0.2, -0.15) is 0 Å². The summed E-state index contributed by atoms with van der Waals surface area (Å²) in [6.45, 7) is -0.741. The number of ether oxygens (including phenoxy) is 3. The van der Waals surface area contributed by atoms with Crippen LogP contribution in [-0.4, -0.2) is 107 Å². The average Bonchev–Trinajstić information content (AvgIpc) is 3.94. The third kappa shape index (κ3) is 9.14. The van der Waals surface area contributed by atoms with Gasteiger partial charge in [0.2, 0.25) is 0 Å². The highest BCUT2D eigenvalue weighted by Crippen LogP contribution is 2.67. The summed E-state index contributed by atoms with van der Waals surface area (Å²) in [4.78, 5) is 50.0. The minimum Gasteiger partial charge on any atom is -0.454 e. The van der Waals surface area contributed by atoms with Crippen LogP contribution in [0.5, 0.6) is 0 Å². The number of nitrogens with two attached hydrogens (primary N) is 2. The standard InChI is InChI=1S/C33H44F2N10O11P2S2/c1-32(2,3)30(46)50-14-59-57(48)52-8-16-7-17(44-12-42-21-25(36)38-10-40-27(21)44)19(34)23(16)55-58(49,60-15-51-31(47)33(4,5)6)53-9-18-24(56-57)20(35)29(54-18)45-13-43-22-26(37)39-11-41-28(22)45/h10-13,16-20,23-24,29H,7-9,14-15H2,1-6H3,(H2,36,38,40)(H2,37,39,41)/t16-,17-,18-,19?,20+,23+,24?,29-,57?,58?/m1/s1. The van der Waals surface area contributed by atoms with Crippen LogP contribution >= 0.6 is 36.4 Å². The summed E-state index contributed by atoms with van der Waals surface area (Å²) in [6, 6.07) is -1.08. The molecule has 0 bridgehead atoms. The largest absolute Gasteiger partial charge is 0.454 e. The van der Waals surface area contributed by atoms with Crippen LogP contribution in [0.15, 0.2) is 25.3 Å². The Morgan fingerprint density at radius 1 is 0.767 bits per heavy atom. The summed E-state index contributed by atoms with van der Waals surface area (Å²) in [5.74, 6) is -3.30. The van der Waals surface area contributed by atoms with Crippen LogP contribution in [0.2, 0.25) is 0 Å². The predicted octanol–water partition coefficient (Wildman–Crippen LogP) is 5.56. The highest BCUT2D eigenvalue weighted by atomic mass is 32.7. The monoisotopic (exact) mass is 920 g/mol. The molecule has 4 unspecified atom stereocenters. The van der Waals surface area contributed by atoms with Crippen molar-refractivity contribution in [3.05, 3.63) is 25.3 Å². The van der Waals surface area contributed by atoms with Crippen LogP contribution in [0.25, 0.3) is 22.3 Å². The fourth-order valence-electron chi connectivity index (χ4n) is 6.54. The molecular weight excluding hydrogens is 876 g/mol. The number of alkyl halides is 2. The molecule has 27 heteroatoms. The molecule has 4 aromatic heterocycles. The first-order valence-corrected chi connectivity index (χ1v) is 24.7. The van der Waals surface area contributed by atoms with E-state index in [1.807, 2.05) is 0 Å². The van der Waals surface area contributed by atoms with Gasteiger partial charge in [0.1, 0.15) is 60.0 Å². The molecule has 21 nitrogen and oxygen atoms in total. The van der Waals surface area contributed by atoms with Gasteiger partial charge in [-0.1, -0.05) is 0 Å². The molecule has 4 aromatic rings. The first-order valence-electron chi connectivity index (χ1n) is 18.5. The second-order valence-corrected chi connectivity index (χ2v) is 24.1. The zero-order chi connectivity index (χ0) is 43.4. The molecule has 10 atom stereocenters. The van der Waals surface area contributed by atoms with E-state index in [0.29, 0.717) is 22.8 Å². The Hall–Kier alpha value is -3.54.